The monoisotopic (exact) mass is 193 g/mol. The second-order valence-electron chi connectivity index (χ2n) is 2.89. The predicted octanol–water partition coefficient (Wildman–Crippen LogP) is 0.151. The number of carbonyl (C=O) groups is 1. The number of hydrogen-bond donors (Lipinski definition) is 1. The van der Waals surface area contributed by atoms with Crippen LogP contribution in [0.15, 0.2) is 0 Å². The van der Waals surface area contributed by atoms with Crippen molar-refractivity contribution in [2.75, 3.05) is 12.8 Å². The first-order chi connectivity index (χ1) is 5.39. The molecule has 0 rings (SSSR count). The summed E-state index contributed by atoms with van der Waals surface area (Å²) in [5.74, 6) is -0.216. The van der Waals surface area contributed by atoms with Gasteiger partial charge in [0.15, 0.2) is 0 Å². The van der Waals surface area contributed by atoms with Crippen molar-refractivity contribution in [1.82, 2.24) is 4.72 Å². The van der Waals surface area contributed by atoms with Crippen LogP contribution in [0, 0.1) is 5.92 Å². The summed E-state index contributed by atoms with van der Waals surface area (Å²) in [6.45, 7) is 3.52. The molecule has 72 valence electrons. The molecule has 0 aliphatic rings. The summed E-state index contributed by atoms with van der Waals surface area (Å²) in [6, 6.07) is 0. The van der Waals surface area contributed by atoms with Crippen LogP contribution in [0.1, 0.15) is 20.3 Å². The van der Waals surface area contributed by atoms with Gasteiger partial charge in [0.2, 0.25) is 10.0 Å². The maximum absolute atomic E-state index is 11.0. The van der Waals surface area contributed by atoms with E-state index in [9.17, 15) is 13.2 Å². The van der Waals surface area contributed by atoms with Crippen molar-refractivity contribution in [3.8, 4) is 0 Å². The summed E-state index contributed by atoms with van der Waals surface area (Å²) in [5, 5.41) is 0. The summed E-state index contributed by atoms with van der Waals surface area (Å²) in [4.78, 5) is 11.0. The van der Waals surface area contributed by atoms with Crippen LogP contribution in [-0.4, -0.2) is 27.0 Å². The van der Waals surface area contributed by atoms with Crippen molar-refractivity contribution in [3.63, 3.8) is 0 Å². The van der Waals surface area contributed by atoms with Gasteiger partial charge in [0.1, 0.15) is 5.78 Å². The molecule has 1 N–H and O–H groups in total. The standard InChI is InChI=1S/C7H15NO3S/c1-6(2)7(9)4-5-12(10,11)8-3/h6,8H,4-5H2,1-3H3. The fourth-order valence-corrected chi connectivity index (χ4v) is 1.30. The van der Waals surface area contributed by atoms with Gasteiger partial charge in [0.25, 0.3) is 0 Å². The lowest BCUT2D eigenvalue weighted by Crippen LogP contribution is -2.24. The van der Waals surface area contributed by atoms with Gasteiger partial charge in [0.05, 0.1) is 5.75 Å². The molecule has 0 aliphatic heterocycles. The lowest BCUT2D eigenvalue weighted by Gasteiger charge is -2.03. The molecule has 0 aromatic carbocycles. The van der Waals surface area contributed by atoms with E-state index in [0.717, 1.165) is 0 Å². The highest BCUT2D eigenvalue weighted by Crippen LogP contribution is 2.00. The molecule has 12 heavy (non-hydrogen) atoms. The lowest BCUT2D eigenvalue weighted by atomic mass is 10.1. The van der Waals surface area contributed by atoms with Gasteiger partial charge < -0.3 is 0 Å². The van der Waals surface area contributed by atoms with E-state index in [-0.39, 0.29) is 23.9 Å². The number of sulfonamides is 1. The van der Waals surface area contributed by atoms with E-state index >= 15 is 0 Å². The van der Waals surface area contributed by atoms with Crippen LogP contribution < -0.4 is 4.72 Å². The zero-order valence-electron chi connectivity index (χ0n) is 7.62. The van der Waals surface area contributed by atoms with Crippen molar-refractivity contribution in [2.24, 2.45) is 5.92 Å². The van der Waals surface area contributed by atoms with E-state index in [1.165, 1.54) is 7.05 Å². The topological polar surface area (TPSA) is 63.2 Å². The van der Waals surface area contributed by atoms with Gasteiger partial charge >= 0.3 is 0 Å². The minimum absolute atomic E-state index is 0.0196. The quantitative estimate of drug-likeness (QED) is 0.676. The molecule has 0 radical (unpaired) electrons. The Morgan fingerprint density at radius 3 is 2.25 bits per heavy atom. The maximum atomic E-state index is 11.0. The third-order valence-corrected chi connectivity index (χ3v) is 2.94. The zero-order chi connectivity index (χ0) is 9.78. The smallest absolute Gasteiger partial charge is 0.211 e. The maximum Gasteiger partial charge on any atom is 0.211 e. The van der Waals surface area contributed by atoms with Gasteiger partial charge in [-0.2, -0.15) is 0 Å². The van der Waals surface area contributed by atoms with E-state index in [0.29, 0.717) is 0 Å². The summed E-state index contributed by atoms with van der Waals surface area (Å²) in [7, 11) is -1.88. The Balaban J connectivity index is 3.93. The van der Waals surface area contributed by atoms with Crippen LogP contribution in [0.25, 0.3) is 0 Å². The summed E-state index contributed by atoms with van der Waals surface area (Å²) >= 11 is 0. The van der Waals surface area contributed by atoms with Crippen LogP contribution >= 0.6 is 0 Å². The number of rotatable bonds is 5. The molecule has 0 amide bonds. The molecular weight excluding hydrogens is 178 g/mol. The zero-order valence-corrected chi connectivity index (χ0v) is 8.44. The van der Waals surface area contributed by atoms with Crippen molar-refractivity contribution >= 4 is 15.8 Å². The fourth-order valence-electron chi connectivity index (χ4n) is 0.626. The Morgan fingerprint density at radius 1 is 1.42 bits per heavy atom. The van der Waals surface area contributed by atoms with Gasteiger partial charge in [-0.05, 0) is 7.05 Å². The van der Waals surface area contributed by atoms with Gasteiger partial charge in [-0.25, -0.2) is 13.1 Å². The van der Waals surface area contributed by atoms with Crippen LogP contribution in [0.4, 0.5) is 0 Å². The van der Waals surface area contributed by atoms with E-state index in [4.69, 9.17) is 0 Å². The Hall–Kier alpha value is -0.420. The Morgan fingerprint density at radius 2 is 1.92 bits per heavy atom. The molecule has 0 aliphatic carbocycles. The molecule has 0 saturated heterocycles. The molecule has 0 aromatic rings. The molecule has 0 fully saturated rings. The minimum atomic E-state index is -3.22. The van der Waals surface area contributed by atoms with E-state index in [2.05, 4.69) is 4.72 Å². The molecule has 0 saturated carbocycles. The van der Waals surface area contributed by atoms with Crippen LogP contribution in [0.2, 0.25) is 0 Å². The van der Waals surface area contributed by atoms with Crippen molar-refractivity contribution < 1.29 is 13.2 Å². The minimum Gasteiger partial charge on any atom is -0.299 e. The Bertz CT molecular complexity index is 243. The second-order valence-corrected chi connectivity index (χ2v) is 4.94. The van der Waals surface area contributed by atoms with Crippen LogP contribution in [0.5, 0.6) is 0 Å². The Kier molecular flexibility index (Phi) is 4.41. The highest BCUT2D eigenvalue weighted by molar-refractivity contribution is 7.89. The van der Waals surface area contributed by atoms with Crippen molar-refractivity contribution in [1.29, 1.82) is 0 Å². The predicted molar refractivity (Wildman–Crippen MR) is 47.3 cm³/mol. The van der Waals surface area contributed by atoms with Gasteiger partial charge in [0, 0.05) is 12.3 Å². The first-order valence-electron chi connectivity index (χ1n) is 3.83. The van der Waals surface area contributed by atoms with Gasteiger partial charge in [-0.15, -0.1) is 0 Å². The summed E-state index contributed by atoms with van der Waals surface area (Å²) in [6.07, 6.45) is 0.0981. The molecule has 0 atom stereocenters. The van der Waals surface area contributed by atoms with E-state index < -0.39 is 10.0 Å². The number of Topliss-reactive ketones (excluding diaryl/α,β-unsaturated/α-hetero) is 1. The molecule has 0 bridgehead atoms. The third-order valence-electron chi connectivity index (χ3n) is 1.57. The average molecular weight is 193 g/mol. The average Bonchev–Trinajstić information content (AvgIpc) is 2.00. The summed E-state index contributed by atoms with van der Waals surface area (Å²) in [5.41, 5.74) is 0. The highest BCUT2D eigenvalue weighted by Gasteiger charge is 2.12. The van der Waals surface area contributed by atoms with E-state index in [1.54, 1.807) is 13.8 Å². The molecule has 0 heterocycles. The van der Waals surface area contributed by atoms with Gasteiger partial charge in [-0.3, -0.25) is 4.79 Å². The van der Waals surface area contributed by atoms with Gasteiger partial charge in [-0.1, -0.05) is 13.8 Å². The number of ketones is 1. The first kappa shape index (κ1) is 11.6. The van der Waals surface area contributed by atoms with Crippen LogP contribution in [-0.2, 0) is 14.8 Å². The summed E-state index contributed by atoms with van der Waals surface area (Å²) < 4.78 is 23.9. The Labute approximate surface area is 73.4 Å². The normalized spacial score (nSPS) is 12.0. The largest absolute Gasteiger partial charge is 0.299 e. The first-order valence-corrected chi connectivity index (χ1v) is 5.48. The lowest BCUT2D eigenvalue weighted by molar-refractivity contribution is -0.121. The number of hydrogen-bond acceptors (Lipinski definition) is 3. The highest BCUT2D eigenvalue weighted by atomic mass is 32.2. The third kappa shape index (κ3) is 4.46. The number of carbonyl (C=O) groups excluding carboxylic acids is 1. The molecule has 0 aromatic heterocycles. The molecule has 4 nitrogen and oxygen atoms in total. The van der Waals surface area contributed by atoms with Crippen molar-refractivity contribution in [3.05, 3.63) is 0 Å². The molecular formula is C7H15NO3S. The van der Waals surface area contributed by atoms with Crippen LogP contribution in [0.3, 0.4) is 0 Å². The second kappa shape index (κ2) is 4.57. The molecule has 0 unspecified atom stereocenters. The molecule has 5 heteroatoms. The SMILES string of the molecule is CNS(=O)(=O)CCC(=O)C(C)C. The van der Waals surface area contributed by atoms with E-state index in [1.807, 2.05) is 0 Å². The molecule has 0 spiro atoms. The fraction of sp³-hybridized carbons (Fsp3) is 0.857. The number of nitrogens with one attached hydrogen (secondary N) is 1. The van der Waals surface area contributed by atoms with Crippen molar-refractivity contribution in [2.45, 2.75) is 20.3 Å².